The molecule has 1 fully saturated rings. The van der Waals surface area contributed by atoms with E-state index in [9.17, 15) is 4.79 Å². The van der Waals surface area contributed by atoms with Gasteiger partial charge in [-0.05, 0) is 30.4 Å². The fourth-order valence-electron chi connectivity index (χ4n) is 1.92. The van der Waals surface area contributed by atoms with Crippen molar-refractivity contribution in [1.29, 1.82) is 0 Å². The lowest BCUT2D eigenvalue weighted by molar-refractivity contribution is -0.126. The standard InChI is InChI=1S/C11H13NOS/c1-2-11(13)12-7-3-5-9(12)10-6-4-8-14-10/h2,4,6,8-9H,1,3,5,7H2/t9-/m0/s1. The maximum absolute atomic E-state index is 11.5. The van der Waals surface area contributed by atoms with Gasteiger partial charge in [-0.25, -0.2) is 0 Å². The molecule has 0 N–H and O–H groups in total. The lowest BCUT2D eigenvalue weighted by atomic mass is 10.2. The lowest BCUT2D eigenvalue weighted by Gasteiger charge is -2.22. The molecule has 2 nitrogen and oxygen atoms in total. The van der Waals surface area contributed by atoms with Crippen LogP contribution >= 0.6 is 11.3 Å². The van der Waals surface area contributed by atoms with Crippen molar-refractivity contribution in [1.82, 2.24) is 4.90 Å². The van der Waals surface area contributed by atoms with Gasteiger partial charge in [0.1, 0.15) is 0 Å². The van der Waals surface area contributed by atoms with E-state index in [0.29, 0.717) is 6.04 Å². The van der Waals surface area contributed by atoms with E-state index in [2.05, 4.69) is 18.0 Å². The van der Waals surface area contributed by atoms with Gasteiger partial charge in [0.2, 0.25) is 5.91 Å². The summed E-state index contributed by atoms with van der Waals surface area (Å²) in [4.78, 5) is 14.7. The molecule has 0 spiro atoms. The first kappa shape index (κ1) is 9.46. The largest absolute Gasteiger partial charge is 0.331 e. The molecular formula is C11H13NOS. The molecule has 1 aromatic rings. The highest BCUT2D eigenvalue weighted by atomic mass is 32.1. The Balaban J connectivity index is 2.19. The van der Waals surface area contributed by atoms with Crippen molar-refractivity contribution in [3.8, 4) is 0 Å². The van der Waals surface area contributed by atoms with Gasteiger partial charge in [-0.15, -0.1) is 11.3 Å². The minimum Gasteiger partial charge on any atom is -0.331 e. The molecule has 0 saturated carbocycles. The zero-order chi connectivity index (χ0) is 9.97. The van der Waals surface area contributed by atoms with Crippen LogP contribution in [-0.2, 0) is 4.79 Å². The van der Waals surface area contributed by atoms with Gasteiger partial charge in [0.25, 0.3) is 0 Å². The summed E-state index contributed by atoms with van der Waals surface area (Å²) in [6, 6.07) is 4.43. The van der Waals surface area contributed by atoms with Crippen LogP contribution in [0.15, 0.2) is 30.2 Å². The number of nitrogens with zero attached hydrogens (tertiary/aromatic N) is 1. The Bertz CT molecular complexity index is 331. The second-order valence-electron chi connectivity index (χ2n) is 3.41. The zero-order valence-electron chi connectivity index (χ0n) is 7.98. The summed E-state index contributed by atoms with van der Waals surface area (Å²) in [6.45, 7) is 4.40. The van der Waals surface area contributed by atoms with Crippen LogP contribution in [0.2, 0.25) is 0 Å². The summed E-state index contributed by atoms with van der Waals surface area (Å²) in [5.74, 6) is 0.0564. The molecule has 1 aromatic heterocycles. The number of amides is 1. The average Bonchev–Trinajstić information content (AvgIpc) is 2.85. The second kappa shape index (κ2) is 3.96. The summed E-state index contributed by atoms with van der Waals surface area (Å²) >= 11 is 1.72. The molecule has 2 heterocycles. The van der Waals surface area contributed by atoms with E-state index in [1.54, 1.807) is 11.3 Å². The molecule has 1 aliphatic heterocycles. The van der Waals surface area contributed by atoms with E-state index in [-0.39, 0.29) is 5.91 Å². The van der Waals surface area contributed by atoms with Gasteiger partial charge in [0.15, 0.2) is 0 Å². The SMILES string of the molecule is C=CC(=O)N1CCC[C@H]1c1cccs1. The molecule has 1 amide bonds. The second-order valence-corrected chi connectivity index (χ2v) is 4.39. The smallest absolute Gasteiger partial charge is 0.246 e. The Kier molecular flexibility index (Phi) is 2.68. The van der Waals surface area contributed by atoms with E-state index in [0.717, 1.165) is 19.4 Å². The van der Waals surface area contributed by atoms with Crippen molar-refractivity contribution in [2.24, 2.45) is 0 Å². The Morgan fingerprint density at radius 3 is 3.21 bits per heavy atom. The van der Waals surface area contributed by atoms with E-state index in [1.807, 2.05) is 11.0 Å². The highest BCUT2D eigenvalue weighted by Gasteiger charge is 2.28. The predicted molar refractivity (Wildman–Crippen MR) is 58.2 cm³/mol. The minimum absolute atomic E-state index is 0.0564. The molecule has 14 heavy (non-hydrogen) atoms. The Morgan fingerprint density at radius 2 is 2.57 bits per heavy atom. The fraction of sp³-hybridized carbons (Fsp3) is 0.364. The number of hydrogen-bond donors (Lipinski definition) is 0. The highest BCUT2D eigenvalue weighted by molar-refractivity contribution is 7.10. The maximum Gasteiger partial charge on any atom is 0.246 e. The van der Waals surface area contributed by atoms with Crippen LogP contribution in [0.5, 0.6) is 0 Å². The molecular weight excluding hydrogens is 194 g/mol. The van der Waals surface area contributed by atoms with Crippen LogP contribution in [0.1, 0.15) is 23.8 Å². The maximum atomic E-state index is 11.5. The van der Waals surface area contributed by atoms with Crippen molar-refractivity contribution in [3.05, 3.63) is 35.0 Å². The monoisotopic (exact) mass is 207 g/mol. The molecule has 3 heteroatoms. The first-order chi connectivity index (χ1) is 6.83. The normalized spacial score (nSPS) is 21.1. The van der Waals surface area contributed by atoms with E-state index in [4.69, 9.17) is 0 Å². The Labute approximate surface area is 87.9 Å². The Morgan fingerprint density at radius 1 is 1.71 bits per heavy atom. The number of likely N-dealkylation sites (tertiary alicyclic amines) is 1. The van der Waals surface area contributed by atoms with Crippen LogP contribution in [-0.4, -0.2) is 17.4 Å². The van der Waals surface area contributed by atoms with Gasteiger partial charge in [0, 0.05) is 11.4 Å². The van der Waals surface area contributed by atoms with Crippen molar-refractivity contribution >= 4 is 17.2 Å². The number of hydrogen-bond acceptors (Lipinski definition) is 2. The quantitative estimate of drug-likeness (QED) is 0.683. The van der Waals surface area contributed by atoms with E-state index < -0.39 is 0 Å². The first-order valence-electron chi connectivity index (χ1n) is 4.79. The van der Waals surface area contributed by atoms with Crippen molar-refractivity contribution < 1.29 is 4.79 Å². The molecule has 2 rings (SSSR count). The number of thiophene rings is 1. The summed E-state index contributed by atoms with van der Waals surface area (Å²) in [5.41, 5.74) is 0. The Hall–Kier alpha value is -1.09. The molecule has 0 unspecified atom stereocenters. The third-order valence-corrected chi connectivity index (χ3v) is 3.56. The van der Waals surface area contributed by atoms with Gasteiger partial charge in [-0.1, -0.05) is 12.6 Å². The third kappa shape index (κ3) is 1.60. The van der Waals surface area contributed by atoms with E-state index in [1.165, 1.54) is 11.0 Å². The molecule has 1 saturated heterocycles. The lowest BCUT2D eigenvalue weighted by Crippen LogP contribution is -2.28. The van der Waals surface area contributed by atoms with Crippen LogP contribution in [0.25, 0.3) is 0 Å². The first-order valence-corrected chi connectivity index (χ1v) is 5.67. The van der Waals surface area contributed by atoms with Crippen LogP contribution in [0, 0.1) is 0 Å². The molecule has 1 aliphatic rings. The van der Waals surface area contributed by atoms with Crippen LogP contribution in [0.4, 0.5) is 0 Å². The average molecular weight is 207 g/mol. The molecule has 0 bridgehead atoms. The molecule has 1 atom stereocenters. The topological polar surface area (TPSA) is 20.3 Å². The van der Waals surface area contributed by atoms with Gasteiger partial charge in [-0.2, -0.15) is 0 Å². The van der Waals surface area contributed by atoms with Crippen molar-refractivity contribution in [2.75, 3.05) is 6.54 Å². The summed E-state index contributed by atoms with van der Waals surface area (Å²) in [7, 11) is 0. The van der Waals surface area contributed by atoms with Crippen LogP contribution in [0.3, 0.4) is 0 Å². The molecule has 0 radical (unpaired) electrons. The molecule has 74 valence electrons. The van der Waals surface area contributed by atoms with Gasteiger partial charge >= 0.3 is 0 Å². The van der Waals surface area contributed by atoms with Gasteiger partial charge in [0.05, 0.1) is 6.04 Å². The predicted octanol–water partition coefficient (Wildman–Crippen LogP) is 2.60. The third-order valence-electron chi connectivity index (χ3n) is 2.58. The minimum atomic E-state index is 0.0564. The van der Waals surface area contributed by atoms with E-state index >= 15 is 0 Å². The zero-order valence-corrected chi connectivity index (χ0v) is 8.80. The number of carbonyl (C=O) groups excluding carboxylic acids is 1. The fourth-order valence-corrected chi connectivity index (χ4v) is 2.80. The molecule has 0 aromatic carbocycles. The van der Waals surface area contributed by atoms with Crippen LogP contribution < -0.4 is 0 Å². The molecule has 0 aliphatic carbocycles. The van der Waals surface area contributed by atoms with Gasteiger partial charge < -0.3 is 4.90 Å². The summed E-state index contributed by atoms with van der Waals surface area (Å²) in [5, 5.41) is 2.06. The number of carbonyl (C=O) groups is 1. The highest BCUT2D eigenvalue weighted by Crippen LogP contribution is 2.34. The number of rotatable bonds is 2. The summed E-state index contributed by atoms with van der Waals surface area (Å²) in [6.07, 6.45) is 3.59. The van der Waals surface area contributed by atoms with Gasteiger partial charge in [-0.3, -0.25) is 4.79 Å². The van der Waals surface area contributed by atoms with Crippen molar-refractivity contribution in [2.45, 2.75) is 18.9 Å². The summed E-state index contributed by atoms with van der Waals surface area (Å²) < 4.78 is 0. The van der Waals surface area contributed by atoms with Crippen molar-refractivity contribution in [3.63, 3.8) is 0 Å².